The standard InChI is InChI=1S/C22H15FIN3OS2/c23-17-3-1-2-4-18(17)26-21(28)13-29-22-27-19-10-9-16(11-20(19)30-22)25-12-14-5-7-15(24)8-6-14/h1-12H,13H2,(H,26,28). The third-order valence-electron chi connectivity index (χ3n) is 4.06. The van der Waals surface area contributed by atoms with Crippen molar-refractivity contribution in [2.24, 2.45) is 4.99 Å². The molecule has 3 aromatic carbocycles. The van der Waals surface area contributed by atoms with Gasteiger partial charge in [-0.2, -0.15) is 0 Å². The molecule has 1 N–H and O–H groups in total. The minimum Gasteiger partial charge on any atom is -0.323 e. The molecule has 0 atom stereocenters. The number of anilines is 1. The van der Waals surface area contributed by atoms with E-state index in [1.165, 1.54) is 38.8 Å². The zero-order valence-electron chi connectivity index (χ0n) is 15.5. The molecule has 0 spiro atoms. The van der Waals surface area contributed by atoms with Crippen molar-refractivity contribution in [1.82, 2.24) is 4.98 Å². The highest BCUT2D eigenvalue weighted by Gasteiger charge is 2.10. The van der Waals surface area contributed by atoms with Crippen LogP contribution in [0.15, 0.2) is 76.1 Å². The summed E-state index contributed by atoms with van der Waals surface area (Å²) in [6.07, 6.45) is 1.83. The molecule has 0 saturated carbocycles. The van der Waals surface area contributed by atoms with Crippen LogP contribution in [-0.2, 0) is 4.79 Å². The fourth-order valence-corrected chi connectivity index (χ4v) is 4.87. The zero-order chi connectivity index (χ0) is 20.9. The van der Waals surface area contributed by atoms with Gasteiger partial charge in [0.2, 0.25) is 5.91 Å². The van der Waals surface area contributed by atoms with Gasteiger partial charge < -0.3 is 5.32 Å². The molecular weight excluding hydrogens is 532 g/mol. The Labute approximate surface area is 194 Å². The molecule has 30 heavy (non-hydrogen) atoms. The summed E-state index contributed by atoms with van der Waals surface area (Å²) in [5.74, 6) is -0.562. The van der Waals surface area contributed by atoms with Crippen molar-refractivity contribution in [3.63, 3.8) is 0 Å². The normalized spacial score (nSPS) is 11.3. The van der Waals surface area contributed by atoms with Crippen molar-refractivity contribution in [2.75, 3.05) is 11.1 Å². The van der Waals surface area contributed by atoms with E-state index >= 15 is 0 Å². The van der Waals surface area contributed by atoms with Crippen LogP contribution < -0.4 is 5.32 Å². The number of benzene rings is 3. The molecule has 0 fully saturated rings. The maximum atomic E-state index is 13.6. The van der Waals surface area contributed by atoms with Gasteiger partial charge >= 0.3 is 0 Å². The molecular formula is C22H15FIN3OS2. The number of nitrogens with one attached hydrogen (secondary N) is 1. The van der Waals surface area contributed by atoms with Gasteiger partial charge in [-0.15, -0.1) is 11.3 Å². The van der Waals surface area contributed by atoms with E-state index in [4.69, 9.17) is 0 Å². The number of thiazole rings is 1. The number of halogens is 2. The SMILES string of the molecule is O=C(CSc1nc2ccc(N=Cc3ccc(I)cc3)cc2s1)Nc1ccccc1F. The molecule has 4 rings (SSSR count). The molecule has 0 unspecified atom stereocenters. The van der Waals surface area contributed by atoms with Crippen LogP contribution in [0, 0.1) is 9.39 Å². The van der Waals surface area contributed by atoms with E-state index < -0.39 is 5.82 Å². The van der Waals surface area contributed by atoms with Crippen molar-refractivity contribution < 1.29 is 9.18 Å². The molecule has 150 valence electrons. The average Bonchev–Trinajstić information content (AvgIpc) is 3.16. The zero-order valence-corrected chi connectivity index (χ0v) is 19.3. The third-order valence-corrected chi connectivity index (χ3v) is 6.94. The number of aliphatic imine (C=N–C) groups is 1. The summed E-state index contributed by atoms with van der Waals surface area (Å²) in [7, 11) is 0. The molecule has 0 aliphatic heterocycles. The molecule has 4 nitrogen and oxygen atoms in total. The van der Waals surface area contributed by atoms with Crippen molar-refractivity contribution >= 4 is 79.4 Å². The van der Waals surface area contributed by atoms with Crippen LogP contribution in [0.2, 0.25) is 0 Å². The Morgan fingerprint density at radius 3 is 2.77 bits per heavy atom. The van der Waals surface area contributed by atoms with Crippen molar-refractivity contribution in [1.29, 1.82) is 0 Å². The van der Waals surface area contributed by atoms with E-state index in [0.29, 0.717) is 0 Å². The van der Waals surface area contributed by atoms with Crippen LogP contribution in [-0.4, -0.2) is 22.9 Å². The lowest BCUT2D eigenvalue weighted by Crippen LogP contribution is -2.14. The highest BCUT2D eigenvalue weighted by Crippen LogP contribution is 2.32. The number of carbonyl (C=O) groups is 1. The molecule has 0 aliphatic carbocycles. The number of carbonyl (C=O) groups excluding carboxylic acids is 1. The van der Waals surface area contributed by atoms with Crippen molar-refractivity contribution in [2.45, 2.75) is 4.34 Å². The van der Waals surface area contributed by atoms with E-state index in [2.05, 4.69) is 37.9 Å². The van der Waals surface area contributed by atoms with Crippen LogP contribution in [0.4, 0.5) is 15.8 Å². The first kappa shape index (κ1) is 21.0. The Balaban J connectivity index is 1.40. The fraction of sp³-hybridized carbons (Fsp3) is 0.0455. The summed E-state index contributed by atoms with van der Waals surface area (Å²) in [6.45, 7) is 0. The van der Waals surface area contributed by atoms with E-state index in [0.717, 1.165) is 25.8 Å². The Kier molecular flexibility index (Phi) is 6.76. The lowest BCUT2D eigenvalue weighted by molar-refractivity contribution is -0.113. The molecule has 0 saturated heterocycles. The van der Waals surface area contributed by atoms with E-state index in [1.807, 2.05) is 48.7 Å². The molecule has 0 bridgehead atoms. The predicted octanol–water partition coefficient (Wildman–Crippen LogP) is 6.52. The van der Waals surface area contributed by atoms with Gasteiger partial charge in [0.15, 0.2) is 4.34 Å². The van der Waals surface area contributed by atoms with E-state index in [1.54, 1.807) is 12.1 Å². The molecule has 4 aromatic rings. The maximum Gasteiger partial charge on any atom is 0.234 e. The number of aromatic nitrogens is 1. The molecule has 1 amide bonds. The smallest absolute Gasteiger partial charge is 0.234 e. The lowest BCUT2D eigenvalue weighted by atomic mass is 10.2. The molecule has 0 aliphatic rings. The number of hydrogen-bond donors (Lipinski definition) is 1. The summed E-state index contributed by atoms with van der Waals surface area (Å²) in [6, 6.07) is 20.1. The van der Waals surface area contributed by atoms with E-state index in [-0.39, 0.29) is 17.3 Å². The quantitative estimate of drug-likeness (QED) is 0.170. The van der Waals surface area contributed by atoms with Gasteiger partial charge in [-0.05, 0) is 70.6 Å². The summed E-state index contributed by atoms with van der Waals surface area (Å²) >= 11 is 5.11. The highest BCUT2D eigenvalue weighted by atomic mass is 127. The Morgan fingerprint density at radius 1 is 1.17 bits per heavy atom. The number of nitrogens with zero attached hydrogens (tertiary/aromatic N) is 2. The minimum atomic E-state index is -0.450. The van der Waals surface area contributed by atoms with Gasteiger partial charge in [-0.3, -0.25) is 9.79 Å². The number of thioether (sulfide) groups is 1. The molecule has 0 radical (unpaired) electrons. The molecule has 8 heteroatoms. The van der Waals surface area contributed by atoms with Crippen LogP contribution in [0.1, 0.15) is 5.56 Å². The first-order chi connectivity index (χ1) is 14.6. The second-order valence-electron chi connectivity index (χ2n) is 6.26. The second kappa shape index (κ2) is 9.67. The van der Waals surface area contributed by atoms with Gasteiger partial charge in [-0.25, -0.2) is 9.37 Å². The van der Waals surface area contributed by atoms with Gasteiger partial charge in [0, 0.05) is 9.78 Å². The average molecular weight is 547 g/mol. The Morgan fingerprint density at radius 2 is 1.97 bits per heavy atom. The number of para-hydroxylation sites is 1. The first-order valence-corrected chi connectivity index (χ1v) is 11.8. The number of rotatable bonds is 6. The summed E-state index contributed by atoms with van der Waals surface area (Å²) in [5.41, 5.74) is 2.93. The van der Waals surface area contributed by atoms with Crippen LogP contribution in [0.25, 0.3) is 10.2 Å². The topological polar surface area (TPSA) is 54.4 Å². The van der Waals surface area contributed by atoms with Crippen LogP contribution >= 0.6 is 45.7 Å². The van der Waals surface area contributed by atoms with E-state index in [9.17, 15) is 9.18 Å². The van der Waals surface area contributed by atoms with Gasteiger partial charge in [0.05, 0.1) is 27.3 Å². The monoisotopic (exact) mass is 547 g/mol. The van der Waals surface area contributed by atoms with Gasteiger partial charge in [-0.1, -0.05) is 36.0 Å². The van der Waals surface area contributed by atoms with Crippen molar-refractivity contribution in [3.8, 4) is 0 Å². The maximum absolute atomic E-state index is 13.6. The third kappa shape index (κ3) is 5.44. The Hall–Kier alpha value is -2.30. The molecule has 1 heterocycles. The number of fused-ring (bicyclic) bond motifs is 1. The molecule has 1 aromatic heterocycles. The van der Waals surface area contributed by atoms with Gasteiger partial charge in [0.1, 0.15) is 5.82 Å². The summed E-state index contributed by atoms with van der Waals surface area (Å²) in [5, 5.41) is 2.58. The second-order valence-corrected chi connectivity index (χ2v) is 9.76. The summed E-state index contributed by atoms with van der Waals surface area (Å²) < 4.78 is 16.6. The fourth-order valence-electron chi connectivity index (χ4n) is 2.61. The van der Waals surface area contributed by atoms with Crippen molar-refractivity contribution in [3.05, 3.63) is 81.7 Å². The van der Waals surface area contributed by atoms with Crippen LogP contribution in [0.5, 0.6) is 0 Å². The predicted molar refractivity (Wildman–Crippen MR) is 132 cm³/mol. The van der Waals surface area contributed by atoms with Gasteiger partial charge in [0.25, 0.3) is 0 Å². The Bertz CT molecular complexity index is 1220. The first-order valence-electron chi connectivity index (χ1n) is 8.94. The van der Waals surface area contributed by atoms with Crippen LogP contribution in [0.3, 0.4) is 0 Å². The minimum absolute atomic E-state index is 0.159. The lowest BCUT2D eigenvalue weighted by Gasteiger charge is -2.04. The summed E-state index contributed by atoms with van der Waals surface area (Å²) in [4.78, 5) is 21.2. The number of amides is 1. The number of hydrogen-bond acceptors (Lipinski definition) is 5. The highest BCUT2D eigenvalue weighted by molar-refractivity contribution is 14.1. The largest absolute Gasteiger partial charge is 0.323 e.